The molecule has 15 heavy (non-hydrogen) atoms. The minimum Gasteiger partial charge on any atom is -0.379 e. The number of thiophene rings is 1. The van der Waals surface area contributed by atoms with Gasteiger partial charge in [0.05, 0.1) is 21.4 Å². The number of Topliss-reactive ketones (excluding diaryl/α,β-unsaturated/α-hetero) is 1. The summed E-state index contributed by atoms with van der Waals surface area (Å²) >= 11 is 4.76. The third kappa shape index (κ3) is 3.11. The van der Waals surface area contributed by atoms with Gasteiger partial charge in [0.25, 0.3) is 0 Å². The first-order valence-corrected chi connectivity index (χ1v) is 6.34. The van der Waals surface area contributed by atoms with Gasteiger partial charge >= 0.3 is 0 Å². The molecule has 0 radical (unpaired) electrons. The van der Waals surface area contributed by atoms with Crippen molar-refractivity contribution >= 4 is 33.0 Å². The first-order valence-electron chi connectivity index (χ1n) is 4.73. The van der Waals surface area contributed by atoms with Crippen molar-refractivity contribution in [1.29, 1.82) is 0 Å². The fourth-order valence-electron chi connectivity index (χ4n) is 1.37. The van der Waals surface area contributed by atoms with E-state index in [2.05, 4.69) is 15.9 Å². The third-order valence-electron chi connectivity index (χ3n) is 2.19. The van der Waals surface area contributed by atoms with E-state index in [9.17, 15) is 4.79 Å². The molecule has 1 atom stereocenters. The van der Waals surface area contributed by atoms with Crippen LogP contribution in [-0.4, -0.2) is 31.7 Å². The number of carbonyl (C=O) groups is 1. The molecule has 1 unspecified atom stereocenters. The quantitative estimate of drug-likeness (QED) is 0.800. The Hall–Kier alpha value is -0.230. The maximum absolute atomic E-state index is 11.6. The first-order chi connectivity index (χ1) is 7.25. The van der Waals surface area contributed by atoms with E-state index in [-0.39, 0.29) is 18.5 Å². The molecule has 0 spiro atoms. The molecule has 1 aromatic heterocycles. The summed E-state index contributed by atoms with van der Waals surface area (Å²) in [5.41, 5.74) is 0. The van der Waals surface area contributed by atoms with Crippen LogP contribution < -0.4 is 0 Å². The maximum atomic E-state index is 11.6. The lowest BCUT2D eigenvalue weighted by Crippen LogP contribution is -2.17. The van der Waals surface area contributed by atoms with Crippen LogP contribution in [0.1, 0.15) is 16.1 Å². The second kappa shape index (κ2) is 5.21. The molecule has 0 N–H and O–H groups in total. The highest BCUT2D eigenvalue weighted by Crippen LogP contribution is 2.22. The summed E-state index contributed by atoms with van der Waals surface area (Å²) < 4.78 is 11.6. The van der Waals surface area contributed by atoms with Gasteiger partial charge in [-0.25, -0.2) is 0 Å². The third-order valence-corrected chi connectivity index (χ3v) is 3.85. The van der Waals surface area contributed by atoms with Crippen LogP contribution in [0, 0.1) is 0 Å². The molecule has 0 aromatic carbocycles. The van der Waals surface area contributed by atoms with E-state index in [0.29, 0.717) is 6.61 Å². The summed E-state index contributed by atoms with van der Waals surface area (Å²) in [6, 6.07) is 3.68. The second-order valence-electron chi connectivity index (χ2n) is 3.32. The highest BCUT2D eigenvalue weighted by atomic mass is 79.9. The Balaban J connectivity index is 1.81. The number of carbonyl (C=O) groups excluding carboxylic acids is 1. The van der Waals surface area contributed by atoms with E-state index in [0.717, 1.165) is 21.7 Å². The largest absolute Gasteiger partial charge is 0.379 e. The normalized spacial score (nSPS) is 20.7. The van der Waals surface area contributed by atoms with Crippen LogP contribution in [0.3, 0.4) is 0 Å². The molecule has 3 nitrogen and oxygen atoms in total. The minimum atomic E-state index is 0.0394. The van der Waals surface area contributed by atoms with E-state index in [1.807, 2.05) is 12.1 Å². The van der Waals surface area contributed by atoms with Gasteiger partial charge in [-0.2, -0.15) is 0 Å². The molecular formula is C10H11BrO3S. The van der Waals surface area contributed by atoms with Crippen molar-refractivity contribution in [3.8, 4) is 0 Å². The lowest BCUT2D eigenvalue weighted by Gasteiger charge is -2.07. The van der Waals surface area contributed by atoms with Crippen molar-refractivity contribution in [1.82, 2.24) is 0 Å². The Morgan fingerprint density at radius 1 is 1.67 bits per heavy atom. The number of halogens is 1. The maximum Gasteiger partial charge on any atom is 0.198 e. The molecule has 0 aliphatic carbocycles. The van der Waals surface area contributed by atoms with Gasteiger partial charge in [-0.1, -0.05) is 0 Å². The summed E-state index contributed by atoms with van der Waals surface area (Å²) in [4.78, 5) is 12.4. The fourth-order valence-corrected chi connectivity index (χ4v) is 2.68. The van der Waals surface area contributed by atoms with Crippen LogP contribution in [0.4, 0.5) is 0 Å². The van der Waals surface area contributed by atoms with Gasteiger partial charge in [0.1, 0.15) is 6.61 Å². The highest BCUT2D eigenvalue weighted by Gasteiger charge is 2.18. The zero-order chi connectivity index (χ0) is 10.7. The van der Waals surface area contributed by atoms with Crippen LogP contribution in [-0.2, 0) is 9.47 Å². The van der Waals surface area contributed by atoms with Crippen molar-refractivity contribution in [2.45, 2.75) is 12.5 Å². The molecule has 1 fully saturated rings. The first kappa shape index (κ1) is 11.3. The van der Waals surface area contributed by atoms with E-state index >= 15 is 0 Å². The monoisotopic (exact) mass is 290 g/mol. The average molecular weight is 291 g/mol. The van der Waals surface area contributed by atoms with Crippen LogP contribution in [0.2, 0.25) is 0 Å². The van der Waals surface area contributed by atoms with Gasteiger partial charge in [-0.3, -0.25) is 4.79 Å². The smallest absolute Gasteiger partial charge is 0.198 e. The molecule has 82 valence electrons. The standard InChI is InChI=1S/C10H11BrO3S/c11-10-2-1-9(15-10)8(12)6-14-7-3-4-13-5-7/h1-2,7H,3-6H2. The van der Waals surface area contributed by atoms with Crippen molar-refractivity contribution in [3.63, 3.8) is 0 Å². The number of ether oxygens (including phenoxy) is 2. The molecule has 1 aromatic rings. The molecular weight excluding hydrogens is 280 g/mol. The Morgan fingerprint density at radius 2 is 2.53 bits per heavy atom. The average Bonchev–Trinajstić information content (AvgIpc) is 2.84. The SMILES string of the molecule is O=C(COC1CCOC1)c1ccc(Br)s1. The Morgan fingerprint density at radius 3 is 3.13 bits per heavy atom. The van der Waals surface area contributed by atoms with Gasteiger partial charge in [-0.05, 0) is 34.5 Å². The lowest BCUT2D eigenvalue weighted by atomic mass is 10.3. The van der Waals surface area contributed by atoms with Crippen molar-refractivity contribution in [2.24, 2.45) is 0 Å². The zero-order valence-corrected chi connectivity index (χ0v) is 10.5. The van der Waals surface area contributed by atoms with E-state index in [4.69, 9.17) is 9.47 Å². The molecule has 0 bridgehead atoms. The predicted octanol–water partition coefficient (Wildman–Crippen LogP) is 2.50. The van der Waals surface area contributed by atoms with Gasteiger partial charge in [-0.15, -0.1) is 11.3 Å². The summed E-state index contributed by atoms with van der Waals surface area (Å²) in [7, 11) is 0. The summed E-state index contributed by atoms with van der Waals surface area (Å²) in [5.74, 6) is 0.0394. The predicted molar refractivity (Wildman–Crippen MR) is 61.5 cm³/mol. The Bertz CT molecular complexity index is 344. The van der Waals surface area contributed by atoms with Crippen LogP contribution in [0.25, 0.3) is 0 Å². The molecule has 0 amide bonds. The fraction of sp³-hybridized carbons (Fsp3) is 0.500. The summed E-state index contributed by atoms with van der Waals surface area (Å²) in [6.07, 6.45) is 0.985. The van der Waals surface area contributed by atoms with Gasteiger partial charge < -0.3 is 9.47 Å². The molecule has 1 aliphatic heterocycles. The second-order valence-corrected chi connectivity index (χ2v) is 5.79. The topological polar surface area (TPSA) is 35.5 Å². The van der Waals surface area contributed by atoms with Crippen LogP contribution in [0.5, 0.6) is 0 Å². The van der Waals surface area contributed by atoms with Crippen LogP contribution in [0.15, 0.2) is 15.9 Å². The van der Waals surface area contributed by atoms with Gasteiger partial charge in [0.15, 0.2) is 5.78 Å². The summed E-state index contributed by atoms with van der Waals surface area (Å²) in [6.45, 7) is 1.51. The van der Waals surface area contributed by atoms with E-state index in [1.165, 1.54) is 11.3 Å². The number of hydrogen-bond acceptors (Lipinski definition) is 4. The number of ketones is 1. The molecule has 5 heteroatoms. The highest BCUT2D eigenvalue weighted by molar-refractivity contribution is 9.11. The van der Waals surface area contributed by atoms with E-state index in [1.54, 1.807) is 0 Å². The molecule has 1 aliphatic rings. The molecule has 2 rings (SSSR count). The van der Waals surface area contributed by atoms with Crippen molar-refractivity contribution in [3.05, 3.63) is 20.8 Å². The van der Waals surface area contributed by atoms with Crippen molar-refractivity contribution in [2.75, 3.05) is 19.8 Å². The zero-order valence-electron chi connectivity index (χ0n) is 8.07. The van der Waals surface area contributed by atoms with Gasteiger partial charge in [0, 0.05) is 6.61 Å². The molecule has 0 saturated carbocycles. The van der Waals surface area contributed by atoms with E-state index < -0.39 is 0 Å². The molecule has 1 saturated heterocycles. The Kier molecular flexibility index (Phi) is 3.91. The number of rotatable bonds is 4. The summed E-state index contributed by atoms with van der Waals surface area (Å²) in [5, 5.41) is 0. The lowest BCUT2D eigenvalue weighted by molar-refractivity contribution is 0.0392. The van der Waals surface area contributed by atoms with Crippen molar-refractivity contribution < 1.29 is 14.3 Å². The minimum absolute atomic E-state index is 0.0394. The Labute approximate surface area is 101 Å². The molecule has 2 heterocycles. The van der Waals surface area contributed by atoms with Crippen LogP contribution >= 0.6 is 27.3 Å². The number of hydrogen-bond donors (Lipinski definition) is 0. The van der Waals surface area contributed by atoms with Gasteiger partial charge in [0.2, 0.25) is 0 Å².